The lowest BCUT2D eigenvalue weighted by molar-refractivity contribution is 0.101. The molecular weight excluding hydrogens is 416 g/mol. The summed E-state index contributed by atoms with van der Waals surface area (Å²) < 4.78 is 12.2. The van der Waals surface area contributed by atoms with Crippen LogP contribution in [0.25, 0.3) is 17.1 Å². The second-order valence-electron chi connectivity index (χ2n) is 6.53. The average molecular weight is 435 g/mol. The van der Waals surface area contributed by atoms with E-state index in [0.717, 1.165) is 17.0 Å². The average Bonchev–Trinajstić information content (AvgIpc) is 3.26. The number of methoxy groups -OCH3 is 2. The minimum atomic E-state index is -0.481. The van der Waals surface area contributed by atoms with Crippen LogP contribution in [0.4, 0.5) is 5.69 Å². The second-order valence-corrected chi connectivity index (χ2v) is 6.97. The number of aromatic nitrogens is 3. The summed E-state index contributed by atoms with van der Waals surface area (Å²) in [4.78, 5) is 17.5. The van der Waals surface area contributed by atoms with Crippen molar-refractivity contribution in [2.75, 3.05) is 19.5 Å². The van der Waals surface area contributed by atoms with Gasteiger partial charge in [-0.3, -0.25) is 4.79 Å². The van der Waals surface area contributed by atoms with Gasteiger partial charge in [-0.05, 0) is 54.6 Å². The Morgan fingerprint density at radius 1 is 0.968 bits per heavy atom. The number of carbonyl (C=O) groups is 1. The van der Waals surface area contributed by atoms with E-state index in [4.69, 9.17) is 21.1 Å². The number of halogens is 1. The van der Waals surface area contributed by atoms with Gasteiger partial charge in [0.1, 0.15) is 11.5 Å². The van der Waals surface area contributed by atoms with Gasteiger partial charge >= 0.3 is 0 Å². The zero-order valence-electron chi connectivity index (χ0n) is 16.9. The van der Waals surface area contributed by atoms with Crippen molar-refractivity contribution in [3.05, 3.63) is 83.6 Å². The molecule has 1 aromatic heterocycles. The van der Waals surface area contributed by atoms with Gasteiger partial charge in [-0.15, -0.1) is 5.10 Å². The molecule has 3 aromatic carbocycles. The lowest BCUT2D eigenvalue weighted by atomic mass is 10.2. The fourth-order valence-corrected chi connectivity index (χ4v) is 3.21. The van der Waals surface area contributed by atoms with Crippen LogP contribution in [0, 0.1) is 0 Å². The molecule has 1 N–H and O–H groups in total. The van der Waals surface area contributed by atoms with Crippen molar-refractivity contribution >= 4 is 23.2 Å². The molecule has 31 heavy (non-hydrogen) atoms. The Bertz CT molecular complexity index is 1210. The molecule has 0 saturated heterocycles. The molecule has 8 heteroatoms. The molecule has 0 aliphatic rings. The van der Waals surface area contributed by atoms with E-state index in [1.165, 1.54) is 7.11 Å². The maximum Gasteiger partial charge on any atom is 0.295 e. The van der Waals surface area contributed by atoms with Crippen LogP contribution in [0.1, 0.15) is 10.6 Å². The van der Waals surface area contributed by atoms with Crippen molar-refractivity contribution in [2.24, 2.45) is 0 Å². The monoisotopic (exact) mass is 434 g/mol. The van der Waals surface area contributed by atoms with Gasteiger partial charge in [-0.1, -0.05) is 29.8 Å². The van der Waals surface area contributed by atoms with Gasteiger partial charge in [-0.2, -0.15) is 0 Å². The van der Waals surface area contributed by atoms with Crippen molar-refractivity contribution in [2.45, 2.75) is 0 Å². The van der Waals surface area contributed by atoms with Gasteiger partial charge in [0.25, 0.3) is 5.91 Å². The summed E-state index contributed by atoms with van der Waals surface area (Å²) in [6.07, 6.45) is 0. The third kappa shape index (κ3) is 4.36. The molecule has 0 aliphatic carbocycles. The fraction of sp³-hybridized carbons (Fsp3) is 0.0870. The molecule has 156 valence electrons. The third-order valence-corrected chi connectivity index (χ3v) is 4.80. The summed E-state index contributed by atoms with van der Waals surface area (Å²) >= 11 is 6.06. The molecule has 4 rings (SSSR count). The highest BCUT2D eigenvalue weighted by molar-refractivity contribution is 6.31. The summed E-state index contributed by atoms with van der Waals surface area (Å²) in [5, 5.41) is 7.71. The third-order valence-electron chi connectivity index (χ3n) is 4.57. The molecule has 0 aliphatic heterocycles. The van der Waals surface area contributed by atoms with E-state index in [1.54, 1.807) is 30.0 Å². The largest absolute Gasteiger partial charge is 0.497 e. The molecule has 7 nitrogen and oxygen atoms in total. The summed E-state index contributed by atoms with van der Waals surface area (Å²) in [7, 11) is 3.12. The summed E-state index contributed by atoms with van der Waals surface area (Å²) in [6, 6.07) is 21.8. The van der Waals surface area contributed by atoms with Crippen LogP contribution in [0.5, 0.6) is 11.5 Å². The zero-order valence-corrected chi connectivity index (χ0v) is 17.6. The first-order chi connectivity index (χ1) is 15.1. The number of carbonyl (C=O) groups excluding carboxylic acids is 1. The Hall–Kier alpha value is -3.84. The minimum Gasteiger partial charge on any atom is -0.497 e. The van der Waals surface area contributed by atoms with Crippen molar-refractivity contribution in [3.8, 4) is 28.6 Å². The molecule has 0 fully saturated rings. The molecule has 1 amide bonds. The van der Waals surface area contributed by atoms with E-state index in [-0.39, 0.29) is 5.82 Å². The summed E-state index contributed by atoms with van der Waals surface area (Å²) in [6.45, 7) is 0. The van der Waals surface area contributed by atoms with Crippen LogP contribution in [0.2, 0.25) is 5.02 Å². The van der Waals surface area contributed by atoms with Crippen molar-refractivity contribution in [1.82, 2.24) is 14.8 Å². The molecule has 1 heterocycles. The molecular formula is C23H19ClN4O3. The maximum absolute atomic E-state index is 13.0. The van der Waals surface area contributed by atoms with Gasteiger partial charge in [-0.25, -0.2) is 9.67 Å². The van der Waals surface area contributed by atoms with Crippen molar-refractivity contribution in [1.29, 1.82) is 0 Å². The Morgan fingerprint density at radius 2 is 1.71 bits per heavy atom. The highest BCUT2D eigenvalue weighted by Crippen LogP contribution is 2.28. The van der Waals surface area contributed by atoms with Crippen LogP contribution in [-0.4, -0.2) is 34.9 Å². The predicted octanol–water partition coefficient (Wildman–Crippen LogP) is 4.86. The van der Waals surface area contributed by atoms with E-state index >= 15 is 0 Å². The molecule has 0 unspecified atom stereocenters. The standard InChI is InChI=1S/C23H19ClN4O3/c1-30-18-11-8-15(9-12-18)22-26-21(27-28(22)17-6-4-3-5-7-17)23(29)25-19-14-16(24)10-13-20(19)31-2/h3-14H,1-2H3,(H,25,29). The van der Waals surface area contributed by atoms with E-state index in [0.29, 0.717) is 22.3 Å². The number of hydrogen-bond acceptors (Lipinski definition) is 5. The molecule has 4 aromatic rings. The van der Waals surface area contributed by atoms with Gasteiger partial charge in [0, 0.05) is 10.6 Å². The van der Waals surface area contributed by atoms with Gasteiger partial charge in [0.2, 0.25) is 5.82 Å². The molecule has 0 spiro atoms. The Morgan fingerprint density at radius 3 is 2.39 bits per heavy atom. The number of rotatable bonds is 6. The number of anilines is 1. The van der Waals surface area contributed by atoms with Gasteiger partial charge in [0.15, 0.2) is 5.82 Å². The fourth-order valence-electron chi connectivity index (χ4n) is 3.04. The number of amides is 1. The lowest BCUT2D eigenvalue weighted by Gasteiger charge is -2.09. The Labute approximate surface area is 184 Å². The Kier molecular flexibility index (Phi) is 5.86. The lowest BCUT2D eigenvalue weighted by Crippen LogP contribution is -2.15. The van der Waals surface area contributed by atoms with Gasteiger partial charge in [0.05, 0.1) is 25.6 Å². The van der Waals surface area contributed by atoms with E-state index in [2.05, 4.69) is 15.4 Å². The van der Waals surface area contributed by atoms with E-state index in [1.807, 2.05) is 54.6 Å². The van der Waals surface area contributed by atoms with Gasteiger partial charge < -0.3 is 14.8 Å². The number of benzene rings is 3. The molecule has 0 bridgehead atoms. The highest BCUT2D eigenvalue weighted by Gasteiger charge is 2.20. The van der Waals surface area contributed by atoms with Crippen molar-refractivity contribution in [3.63, 3.8) is 0 Å². The zero-order chi connectivity index (χ0) is 21.8. The van der Waals surface area contributed by atoms with Crippen LogP contribution in [0.3, 0.4) is 0 Å². The first-order valence-corrected chi connectivity index (χ1v) is 9.78. The first kappa shape index (κ1) is 20.4. The molecule has 0 saturated carbocycles. The Balaban J connectivity index is 1.74. The second kappa shape index (κ2) is 8.89. The minimum absolute atomic E-state index is 0.0108. The SMILES string of the molecule is COc1ccc(-c2nc(C(=O)Nc3cc(Cl)ccc3OC)nn2-c2ccccc2)cc1. The molecule has 0 radical (unpaired) electrons. The smallest absolute Gasteiger partial charge is 0.295 e. The summed E-state index contributed by atoms with van der Waals surface area (Å²) in [5.41, 5.74) is 2.00. The van der Waals surface area contributed by atoms with Crippen molar-refractivity contribution < 1.29 is 14.3 Å². The normalized spacial score (nSPS) is 10.5. The van der Waals surface area contributed by atoms with E-state index < -0.39 is 5.91 Å². The maximum atomic E-state index is 13.0. The quantitative estimate of drug-likeness (QED) is 0.469. The summed E-state index contributed by atoms with van der Waals surface area (Å²) in [5.74, 6) is 1.26. The van der Waals surface area contributed by atoms with Crippen LogP contribution in [0.15, 0.2) is 72.8 Å². The predicted molar refractivity (Wildman–Crippen MR) is 119 cm³/mol. The topological polar surface area (TPSA) is 78.3 Å². The van der Waals surface area contributed by atoms with Crippen LogP contribution >= 0.6 is 11.6 Å². The first-order valence-electron chi connectivity index (χ1n) is 9.41. The number of para-hydroxylation sites is 1. The highest BCUT2D eigenvalue weighted by atomic mass is 35.5. The number of hydrogen-bond donors (Lipinski definition) is 1. The van der Waals surface area contributed by atoms with Crippen LogP contribution < -0.4 is 14.8 Å². The number of nitrogens with one attached hydrogen (secondary N) is 1. The number of ether oxygens (including phenoxy) is 2. The molecule has 0 atom stereocenters. The van der Waals surface area contributed by atoms with Crippen LogP contribution in [-0.2, 0) is 0 Å². The van der Waals surface area contributed by atoms with E-state index in [9.17, 15) is 4.79 Å². The number of nitrogens with zero attached hydrogens (tertiary/aromatic N) is 3.